The molecule has 0 atom stereocenters. The molecule has 1 aliphatic heterocycles. The second-order valence-electron chi connectivity index (χ2n) is 6.11. The van der Waals surface area contributed by atoms with E-state index in [1.54, 1.807) is 0 Å². The maximum absolute atomic E-state index is 12.6. The van der Waals surface area contributed by atoms with Crippen molar-refractivity contribution in [2.45, 2.75) is 19.9 Å². The molecule has 126 valence electrons. The van der Waals surface area contributed by atoms with E-state index in [1.807, 2.05) is 37.3 Å². The SMILES string of the molecule is Cc1c(NC(=O)c2nc3c(s2)CNCC3)cccc1-c1ccccc1. The van der Waals surface area contributed by atoms with E-state index in [0.717, 1.165) is 47.6 Å². The average molecular weight is 349 g/mol. The normalized spacial score (nSPS) is 13.3. The monoisotopic (exact) mass is 349 g/mol. The fraction of sp³-hybridized carbons (Fsp3) is 0.200. The first-order chi connectivity index (χ1) is 12.2. The summed E-state index contributed by atoms with van der Waals surface area (Å²) in [6.45, 7) is 3.77. The standard InChI is InChI=1S/C20H19N3OS/c1-13-15(14-6-3-2-4-7-14)8-5-9-16(13)22-19(24)20-23-17-10-11-21-12-18(17)25-20/h2-9,21H,10-12H2,1H3,(H,22,24). The number of aromatic nitrogens is 1. The van der Waals surface area contributed by atoms with E-state index >= 15 is 0 Å². The van der Waals surface area contributed by atoms with Crippen LogP contribution in [0, 0.1) is 6.92 Å². The first-order valence-corrected chi connectivity index (χ1v) is 9.19. The van der Waals surface area contributed by atoms with Crippen LogP contribution < -0.4 is 10.6 Å². The van der Waals surface area contributed by atoms with Crippen molar-refractivity contribution >= 4 is 22.9 Å². The molecule has 0 fully saturated rings. The summed E-state index contributed by atoms with van der Waals surface area (Å²) in [4.78, 5) is 18.3. The van der Waals surface area contributed by atoms with Gasteiger partial charge in [0.25, 0.3) is 5.91 Å². The molecular formula is C20H19N3OS. The van der Waals surface area contributed by atoms with E-state index in [1.165, 1.54) is 16.2 Å². The quantitative estimate of drug-likeness (QED) is 0.751. The summed E-state index contributed by atoms with van der Waals surface area (Å²) in [5.41, 5.74) is 5.22. The molecule has 0 aliphatic carbocycles. The van der Waals surface area contributed by atoms with Crippen molar-refractivity contribution in [2.75, 3.05) is 11.9 Å². The zero-order valence-corrected chi connectivity index (χ0v) is 14.8. The summed E-state index contributed by atoms with van der Waals surface area (Å²) >= 11 is 1.48. The molecular weight excluding hydrogens is 330 g/mol. The van der Waals surface area contributed by atoms with Gasteiger partial charge in [-0.15, -0.1) is 11.3 Å². The highest BCUT2D eigenvalue weighted by atomic mass is 32.1. The van der Waals surface area contributed by atoms with Crippen LogP contribution in [0.15, 0.2) is 48.5 Å². The van der Waals surface area contributed by atoms with Gasteiger partial charge in [-0.25, -0.2) is 4.98 Å². The largest absolute Gasteiger partial charge is 0.320 e. The third-order valence-electron chi connectivity index (χ3n) is 4.46. The summed E-state index contributed by atoms with van der Waals surface area (Å²) in [7, 11) is 0. The van der Waals surface area contributed by atoms with E-state index in [9.17, 15) is 4.79 Å². The van der Waals surface area contributed by atoms with E-state index < -0.39 is 0 Å². The van der Waals surface area contributed by atoms with Gasteiger partial charge in [0.2, 0.25) is 0 Å². The Balaban J connectivity index is 1.60. The lowest BCUT2D eigenvalue weighted by Crippen LogP contribution is -2.22. The fourth-order valence-corrected chi connectivity index (χ4v) is 4.07. The minimum atomic E-state index is -0.132. The van der Waals surface area contributed by atoms with E-state index in [-0.39, 0.29) is 5.91 Å². The number of carbonyl (C=O) groups excluding carboxylic acids is 1. The third kappa shape index (κ3) is 3.21. The molecule has 1 aliphatic rings. The maximum atomic E-state index is 12.6. The van der Waals surface area contributed by atoms with Crippen LogP contribution in [0.5, 0.6) is 0 Å². The lowest BCUT2D eigenvalue weighted by Gasteiger charge is -2.12. The zero-order chi connectivity index (χ0) is 17.2. The molecule has 3 aromatic rings. The predicted octanol–water partition coefficient (Wildman–Crippen LogP) is 4.02. The number of benzene rings is 2. The van der Waals surface area contributed by atoms with Crippen LogP contribution in [0.4, 0.5) is 5.69 Å². The van der Waals surface area contributed by atoms with Crippen molar-refractivity contribution < 1.29 is 4.79 Å². The van der Waals surface area contributed by atoms with Gasteiger partial charge in [-0.05, 0) is 29.7 Å². The first-order valence-electron chi connectivity index (χ1n) is 8.38. The number of anilines is 1. The van der Waals surface area contributed by atoms with Gasteiger partial charge in [0, 0.05) is 30.1 Å². The predicted molar refractivity (Wildman–Crippen MR) is 102 cm³/mol. The van der Waals surface area contributed by atoms with Gasteiger partial charge in [0.15, 0.2) is 5.01 Å². The van der Waals surface area contributed by atoms with Crippen molar-refractivity contribution in [3.05, 3.63) is 69.7 Å². The number of hydrogen-bond donors (Lipinski definition) is 2. The van der Waals surface area contributed by atoms with Gasteiger partial charge in [0.05, 0.1) is 5.69 Å². The maximum Gasteiger partial charge on any atom is 0.284 e. The van der Waals surface area contributed by atoms with Crippen molar-refractivity contribution in [3.63, 3.8) is 0 Å². The van der Waals surface area contributed by atoms with Crippen LogP contribution >= 0.6 is 11.3 Å². The Labute approximate surface area is 150 Å². The number of rotatable bonds is 3. The average Bonchev–Trinajstić information content (AvgIpc) is 3.08. The van der Waals surface area contributed by atoms with Gasteiger partial charge >= 0.3 is 0 Å². The van der Waals surface area contributed by atoms with E-state index in [2.05, 4.69) is 33.8 Å². The first kappa shape index (κ1) is 16.0. The Morgan fingerprint density at radius 3 is 2.80 bits per heavy atom. The fourth-order valence-electron chi connectivity index (χ4n) is 3.10. The number of nitrogens with zero attached hydrogens (tertiary/aromatic N) is 1. The smallest absolute Gasteiger partial charge is 0.284 e. The lowest BCUT2D eigenvalue weighted by molar-refractivity contribution is 0.102. The summed E-state index contributed by atoms with van der Waals surface area (Å²) in [6, 6.07) is 16.2. The van der Waals surface area contributed by atoms with Crippen LogP contribution in [0.2, 0.25) is 0 Å². The zero-order valence-electron chi connectivity index (χ0n) is 14.0. The van der Waals surface area contributed by atoms with Crippen molar-refractivity contribution in [1.29, 1.82) is 0 Å². The van der Waals surface area contributed by atoms with Crippen molar-refractivity contribution in [2.24, 2.45) is 0 Å². The van der Waals surface area contributed by atoms with Crippen molar-refractivity contribution in [1.82, 2.24) is 10.3 Å². The third-order valence-corrected chi connectivity index (χ3v) is 5.56. The molecule has 5 heteroatoms. The number of amides is 1. The van der Waals surface area contributed by atoms with Crippen LogP contribution in [-0.4, -0.2) is 17.4 Å². The summed E-state index contributed by atoms with van der Waals surface area (Å²) < 4.78 is 0. The summed E-state index contributed by atoms with van der Waals surface area (Å²) in [6.07, 6.45) is 0.891. The topological polar surface area (TPSA) is 54.0 Å². The Hall–Kier alpha value is -2.50. The molecule has 0 saturated carbocycles. The number of fused-ring (bicyclic) bond motifs is 1. The van der Waals surface area contributed by atoms with Crippen LogP contribution in [0.1, 0.15) is 25.9 Å². The van der Waals surface area contributed by atoms with Gasteiger partial charge in [-0.1, -0.05) is 42.5 Å². The van der Waals surface area contributed by atoms with E-state index in [4.69, 9.17) is 0 Å². The molecule has 2 aromatic carbocycles. The number of carbonyl (C=O) groups is 1. The number of thiazole rings is 1. The Kier molecular flexibility index (Phi) is 4.34. The molecule has 1 amide bonds. The van der Waals surface area contributed by atoms with Gasteiger partial charge < -0.3 is 10.6 Å². The highest BCUT2D eigenvalue weighted by molar-refractivity contribution is 7.13. The second kappa shape index (κ2) is 6.78. The molecule has 4 rings (SSSR count). The minimum absolute atomic E-state index is 0.132. The molecule has 4 nitrogen and oxygen atoms in total. The second-order valence-corrected chi connectivity index (χ2v) is 7.20. The molecule has 0 radical (unpaired) electrons. The van der Waals surface area contributed by atoms with Crippen LogP contribution in [0.3, 0.4) is 0 Å². The molecule has 2 heterocycles. The molecule has 0 bridgehead atoms. The molecule has 1 aromatic heterocycles. The molecule has 0 saturated heterocycles. The Morgan fingerprint density at radius 2 is 2.00 bits per heavy atom. The van der Waals surface area contributed by atoms with Gasteiger partial charge in [0.1, 0.15) is 0 Å². The number of hydrogen-bond acceptors (Lipinski definition) is 4. The molecule has 0 unspecified atom stereocenters. The lowest BCUT2D eigenvalue weighted by atomic mass is 9.99. The minimum Gasteiger partial charge on any atom is -0.320 e. The molecule has 25 heavy (non-hydrogen) atoms. The van der Waals surface area contributed by atoms with Crippen LogP contribution in [-0.2, 0) is 13.0 Å². The van der Waals surface area contributed by atoms with E-state index in [0.29, 0.717) is 5.01 Å². The summed E-state index contributed by atoms with van der Waals surface area (Å²) in [5.74, 6) is -0.132. The Morgan fingerprint density at radius 1 is 1.16 bits per heavy atom. The highest BCUT2D eigenvalue weighted by Gasteiger charge is 2.19. The van der Waals surface area contributed by atoms with Gasteiger partial charge in [-0.3, -0.25) is 4.79 Å². The molecule has 2 N–H and O–H groups in total. The highest BCUT2D eigenvalue weighted by Crippen LogP contribution is 2.29. The Bertz CT molecular complexity index is 894. The number of nitrogens with one attached hydrogen (secondary N) is 2. The molecule has 0 spiro atoms. The van der Waals surface area contributed by atoms with Crippen molar-refractivity contribution in [3.8, 4) is 11.1 Å². The summed E-state index contributed by atoms with van der Waals surface area (Å²) in [5, 5.41) is 6.89. The van der Waals surface area contributed by atoms with Crippen LogP contribution in [0.25, 0.3) is 11.1 Å². The van der Waals surface area contributed by atoms with Gasteiger partial charge in [-0.2, -0.15) is 0 Å².